The molecule has 0 amide bonds. The van der Waals surface area contributed by atoms with E-state index in [0.717, 1.165) is 4.31 Å². The molecule has 0 heterocycles. The molecule has 0 radical (unpaired) electrons. The van der Waals surface area contributed by atoms with Crippen molar-refractivity contribution in [3.8, 4) is 6.07 Å². The Morgan fingerprint density at radius 3 is 2.53 bits per heavy atom. The lowest BCUT2D eigenvalue weighted by Gasteiger charge is -2.17. The number of hydrogen-bond acceptors (Lipinski definition) is 5. The van der Waals surface area contributed by atoms with Gasteiger partial charge in [0.1, 0.15) is 6.54 Å². The molecule has 0 aromatic carbocycles. The zero-order chi connectivity index (χ0) is 13.3. The molecule has 0 aromatic rings. The topological polar surface area (TPSA) is 87.5 Å². The number of nitrogens with zero attached hydrogens (tertiary/aromatic N) is 2. The number of carbonyl (C=O) groups is 1. The third-order valence-corrected chi connectivity index (χ3v) is 3.80. The second kappa shape index (κ2) is 8.03. The third kappa shape index (κ3) is 6.24. The highest BCUT2D eigenvalue weighted by Gasteiger charge is 2.22. The highest BCUT2D eigenvalue weighted by molar-refractivity contribution is 7.89. The molecule has 0 bridgehead atoms. The minimum Gasteiger partial charge on any atom is -0.466 e. The van der Waals surface area contributed by atoms with E-state index in [0.29, 0.717) is 13.0 Å². The van der Waals surface area contributed by atoms with Crippen LogP contribution in [0.1, 0.15) is 26.7 Å². The minimum absolute atomic E-state index is 0.179. The molecule has 17 heavy (non-hydrogen) atoms. The number of carbonyl (C=O) groups excluding carboxylic acids is 1. The average molecular weight is 262 g/mol. The molecular weight excluding hydrogens is 244 g/mol. The van der Waals surface area contributed by atoms with E-state index in [1.165, 1.54) is 0 Å². The number of esters is 1. The highest BCUT2D eigenvalue weighted by atomic mass is 32.2. The molecule has 0 aliphatic carbocycles. The molecule has 7 heteroatoms. The zero-order valence-corrected chi connectivity index (χ0v) is 11.0. The molecule has 0 saturated heterocycles. The maximum atomic E-state index is 11.8. The quantitative estimate of drug-likeness (QED) is 0.469. The van der Waals surface area contributed by atoms with Gasteiger partial charge in [-0.05, 0) is 13.3 Å². The number of sulfonamides is 1. The summed E-state index contributed by atoms with van der Waals surface area (Å²) in [4.78, 5) is 11.1. The van der Waals surface area contributed by atoms with Gasteiger partial charge in [0.15, 0.2) is 0 Å². The van der Waals surface area contributed by atoms with Gasteiger partial charge in [-0.1, -0.05) is 6.92 Å². The summed E-state index contributed by atoms with van der Waals surface area (Å²) >= 11 is 0. The third-order valence-electron chi connectivity index (χ3n) is 1.98. The molecule has 0 aliphatic heterocycles. The van der Waals surface area contributed by atoms with E-state index in [9.17, 15) is 13.2 Å². The molecule has 0 aliphatic rings. The smallest absolute Gasteiger partial charge is 0.306 e. The summed E-state index contributed by atoms with van der Waals surface area (Å²) in [5.74, 6) is -0.850. The van der Waals surface area contributed by atoms with Gasteiger partial charge in [0.05, 0.1) is 24.8 Å². The Kier molecular flexibility index (Phi) is 7.50. The van der Waals surface area contributed by atoms with Gasteiger partial charge in [-0.25, -0.2) is 8.42 Å². The molecule has 0 unspecified atom stereocenters. The van der Waals surface area contributed by atoms with Crippen molar-refractivity contribution in [2.45, 2.75) is 26.7 Å². The van der Waals surface area contributed by atoms with Crippen molar-refractivity contribution in [2.75, 3.05) is 25.4 Å². The van der Waals surface area contributed by atoms with Gasteiger partial charge < -0.3 is 4.74 Å². The molecule has 6 nitrogen and oxygen atoms in total. The van der Waals surface area contributed by atoms with E-state index < -0.39 is 16.0 Å². The summed E-state index contributed by atoms with van der Waals surface area (Å²) < 4.78 is 29.3. The van der Waals surface area contributed by atoms with Gasteiger partial charge >= 0.3 is 5.97 Å². The van der Waals surface area contributed by atoms with Crippen LogP contribution in [0.3, 0.4) is 0 Å². The van der Waals surface area contributed by atoms with Crippen molar-refractivity contribution < 1.29 is 17.9 Å². The first-order valence-corrected chi connectivity index (χ1v) is 7.09. The number of hydrogen-bond donors (Lipinski definition) is 0. The molecule has 0 spiro atoms. The fourth-order valence-electron chi connectivity index (χ4n) is 1.22. The van der Waals surface area contributed by atoms with Gasteiger partial charge in [-0.2, -0.15) is 9.57 Å². The second-order valence-electron chi connectivity index (χ2n) is 3.36. The minimum atomic E-state index is -3.55. The summed E-state index contributed by atoms with van der Waals surface area (Å²) in [5, 5.41) is 8.54. The van der Waals surface area contributed by atoms with Crippen molar-refractivity contribution in [3.63, 3.8) is 0 Å². The van der Waals surface area contributed by atoms with Crippen molar-refractivity contribution in [3.05, 3.63) is 0 Å². The lowest BCUT2D eigenvalue weighted by Crippen LogP contribution is -2.34. The first kappa shape index (κ1) is 15.9. The average Bonchev–Trinajstić information content (AvgIpc) is 2.27. The Morgan fingerprint density at radius 2 is 2.06 bits per heavy atom. The fraction of sp³-hybridized carbons (Fsp3) is 0.800. The van der Waals surface area contributed by atoms with Crippen molar-refractivity contribution >= 4 is 16.0 Å². The monoisotopic (exact) mass is 262 g/mol. The molecule has 0 aromatic heterocycles. The highest BCUT2D eigenvalue weighted by Crippen LogP contribution is 2.05. The number of nitriles is 1. The normalized spacial score (nSPS) is 11.2. The van der Waals surface area contributed by atoms with Gasteiger partial charge in [-0.3, -0.25) is 4.79 Å². The molecule has 0 atom stereocenters. The maximum absolute atomic E-state index is 11.8. The maximum Gasteiger partial charge on any atom is 0.306 e. The van der Waals surface area contributed by atoms with Gasteiger partial charge in [0.25, 0.3) is 0 Å². The van der Waals surface area contributed by atoms with Crippen LogP contribution in [-0.4, -0.2) is 44.1 Å². The van der Waals surface area contributed by atoms with Crippen molar-refractivity contribution in [2.24, 2.45) is 0 Å². The van der Waals surface area contributed by atoms with Gasteiger partial charge in [-0.15, -0.1) is 0 Å². The zero-order valence-electron chi connectivity index (χ0n) is 10.2. The van der Waals surface area contributed by atoms with E-state index in [-0.39, 0.29) is 25.3 Å². The SMILES string of the molecule is CCCN(CC#N)S(=O)(=O)CCC(=O)OCC. The molecule has 0 fully saturated rings. The summed E-state index contributed by atoms with van der Waals surface area (Å²) in [6.07, 6.45) is 0.447. The lowest BCUT2D eigenvalue weighted by molar-refractivity contribution is -0.142. The van der Waals surface area contributed by atoms with Crippen molar-refractivity contribution in [1.29, 1.82) is 5.26 Å². The summed E-state index contributed by atoms with van der Waals surface area (Å²) in [6, 6.07) is 1.80. The molecule has 0 rings (SSSR count). The van der Waals surface area contributed by atoms with Gasteiger partial charge in [0, 0.05) is 6.54 Å². The standard InChI is InChI=1S/C10H18N2O4S/c1-3-7-12(8-6-11)17(14,15)9-5-10(13)16-4-2/h3-5,7-9H2,1-2H3. The summed E-state index contributed by atoms with van der Waals surface area (Å²) in [7, 11) is -3.55. The van der Waals surface area contributed by atoms with Crippen LogP contribution >= 0.6 is 0 Å². The van der Waals surface area contributed by atoms with E-state index in [2.05, 4.69) is 4.74 Å². The number of rotatable bonds is 8. The van der Waals surface area contributed by atoms with Crippen LogP contribution in [0.25, 0.3) is 0 Å². The molecule has 0 saturated carbocycles. The Labute approximate surface area is 102 Å². The second-order valence-corrected chi connectivity index (χ2v) is 5.45. The Balaban J connectivity index is 4.43. The van der Waals surface area contributed by atoms with Crippen LogP contribution in [0, 0.1) is 11.3 Å². The van der Waals surface area contributed by atoms with Gasteiger partial charge in [0.2, 0.25) is 10.0 Å². The Morgan fingerprint density at radius 1 is 1.41 bits per heavy atom. The van der Waals surface area contributed by atoms with E-state index in [4.69, 9.17) is 5.26 Å². The predicted octanol–water partition coefficient (Wildman–Crippen LogP) is 0.505. The van der Waals surface area contributed by atoms with Crippen LogP contribution in [0.15, 0.2) is 0 Å². The number of ether oxygens (including phenoxy) is 1. The van der Waals surface area contributed by atoms with Crippen LogP contribution in [-0.2, 0) is 19.6 Å². The summed E-state index contributed by atoms with van der Waals surface area (Å²) in [6.45, 7) is 3.82. The van der Waals surface area contributed by atoms with E-state index in [1.54, 1.807) is 13.0 Å². The van der Waals surface area contributed by atoms with Crippen LogP contribution in [0.5, 0.6) is 0 Å². The van der Waals surface area contributed by atoms with Crippen LogP contribution in [0.4, 0.5) is 0 Å². The largest absolute Gasteiger partial charge is 0.466 e. The lowest BCUT2D eigenvalue weighted by atomic mass is 10.5. The fourth-order valence-corrected chi connectivity index (χ4v) is 2.62. The molecule has 0 N–H and O–H groups in total. The Bertz CT molecular complexity index is 372. The molecule has 98 valence electrons. The van der Waals surface area contributed by atoms with E-state index >= 15 is 0 Å². The first-order chi connectivity index (χ1) is 7.97. The van der Waals surface area contributed by atoms with E-state index in [1.807, 2.05) is 6.92 Å². The predicted molar refractivity (Wildman–Crippen MR) is 62.5 cm³/mol. The Hall–Kier alpha value is -1.13. The first-order valence-electron chi connectivity index (χ1n) is 5.48. The van der Waals surface area contributed by atoms with Crippen molar-refractivity contribution in [1.82, 2.24) is 4.31 Å². The summed E-state index contributed by atoms with van der Waals surface area (Å²) in [5.41, 5.74) is 0. The van der Waals surface area contributed by atoms with Crippen LogP contribution < -0.4 is 0 Å². The molecular formula is C10H18N2O4S. The van der Waals surface area contributed by atoms with Crippen LogP contribution in [0.2, 0.25) is 0 Å².